The first kappa shape index (κ1) is 35.6. The van der Waals surface area contributed by atoms with Crippen LogP contribution in [-0.4, -0.2) is 19.1 Å². The molecule has 5 nitrogen and oxygen atoms in total. The van der Waals surface area contributed by atoms with E-state index >= 15 is 0 Å². The Labute approximate surface area is 271 Å². The molecule has 2 aromatic carbocycles. The molecule has 3 aromatic rings. The minimum atomic E-state index is -0.180. The number of nitrogens with one attached hydrogen (secondary N) is 1. The van der Waals surface area contributed by atoms with Crippen LogP contribution in [0.1, 0.15) is 129 Å². The van der Waals surface area contributed by atoms with Crippen molar-refractivity contribution in [3.05, 3.63) is 70.7 Å². The predicted molar refractivity (Wildman–Crippen MR) is 185 cm³/mol. The van der Waals surface area contributed by atoms with E-state index < -0.39 is 0 Å². The molecule has 0 aliphatic heterocycles. The van der Waals surface area contributed by atoms with Gasteiger partial charge in [0.1, 0.15) is 11.5 Å². The number of unbranched alkanes of at least 4 members (excludes halogenated alkanes) is 13. The third kappa shape index (κ3) is 14.3. The summed E-state index contributed by atoms with van der Waals surface area (Å²) in [5, 5.41) is 4.99. The number of hydrogen-bond acceptors (Lipinski definition) is 4. The normalized spacial score (nSPS) is 11.5. The molecule has 0 radical (unpaired) electrons. The van der Waals surface area contributed by atoms with Crippen molar-refractivity contribution < 1.29 is 18.8 Å². The Bertz CT molecular complexity index is 1190. The van der Waals surface area contributed by atoms with Gasteiger partial charge in [-0.2, -0.15) is 4.57 Å². The molecule has 44 heavy (non-hydrogen) atoms. The Morgan fingerprint density at radius 2 is 1.41 bits per heavy atom. The van der Waals surface area contributed by atoms with Crippen LogP contribution in [0.3, 0.4) is 0 Å². The zero-order valence-corrected chi connectivity index (χ0v) is 28.7. The maximum absolute atomic E-state index is 12.6. The molecule has 242 valence electrons. The number of anilines is 1. The van der Waals surface area contributed by atoms with E-state index in [9.17, 15) is 4.79 Å². The van der Waals surface area contributed by atoms with Crippen molar-refractivity contribution in [1.29, 1.82) is 0 Å². The first-order valence-corrected chi connectivity index (χ1v) is 18.0. The van der Waals surface area contributed by atoms with Gasteiger partial charge in [-0.05, 0) is 42.2 Å². The van der Waals surface area contributed by atoms with Crippen molar-refractivity contribution in [2.24, 2.45) is 0 Å². The lowest BCUT2D eigenvalue weighted by atomic mass is 9.86. The van der Waals surface area contributed by atoms with E-state index in [1.807, 2.05) is 42.5 Å². The van der Waals surface area contributed by atoms with Gasteiger partial charge in [-0.15, -0.1) is 0 Å². The number of carbonyl (C=O) groups is 1. The van der Waals surface area contributed by atoms with E-state index in [-0.39, 0.29) is 17.9 Å². The Hall–Kier alpha value is -2.86. The van der Waals surface area contributed by atoms with Crippen LogP contribution in [0.5, 0.6) is 11.5 Å². The lowest BCUT2D eigenvalue weighted by molar-refractivity contribution is -0.683. The molecule has 1 N–H and O–H groups in total. The maximum atomic E-state index is 12.6. The van der Waals surface area contributed by atoms with Gasteiger partial charge in [0.15, 0.2) is 19.3 Å². The summed E-state index contributed by atoms with van der Waals surface area (Å²) in [5.41, 5.74) is 5.03. The predicted octanol–water partition coefficient (Wildman–Crippen LogP) is 10.3. The average molecular weight is 622 g/mol. The van der Waals surface area contributed by atoms with Crippen molar-refractivity contribution in [3.63, 3.8) is 0 Å². The van der Waals surface area contributed by atoms with Crippen LogP contribution in [0.2, 0.25) is 0 Å². The molecule has 0 aliphatic carbocycles. The third-order valence-corrected chi connectivity index (χ3v) is 8.69. The van der Waals surface area contributed by atoms with E-state index in [4.69, 9.17) is 9.47 Å². The van der Waals surface area contributed by atoms with E-state index in [0.29, 0.717) is 5.75 Å². The molecule has 3 rings (SSSR count). The summed E-state index contributed by atoms with van der Waals surface area (Å²) < 4.78 is 14.3. The summed E-state index contributed by atoms with van der Waals surface area (Å²) in [6.07, 6.45) is 21.0. The Kier molecular flexibility index (Phi) is 16.4. The quantitative estimate of drug-likeness (QED) is 0.0897. The highest BCUT2D eigenvalue weighted by molar-refractivity contribution is 7.07. The lowest BCUT2D eigenvalue weighted by Gasteiger charge is -2.24. The number of benzene rings is 2. The average Bonchev–Trinajstić information content (AvgIpc) is 3.52. The first-order chi connectivity index (χ1) is 21.3. The van der Waals surface area contributed by atoms with Crippen molar-refractivity contribution >= 4 is 22.9 Å². The van der Waals surface area contributed by atoms with Crippen LogP contribution in [-0.2, 0) is 16.8 Å². The summed E-state index contributed by atoms with van der Waals surface area (Å²) in [5.74, 6) is 1.40. The zero-order valence-electron chi connectivity index (χ0n) is 27.9. The number of rotatable bonds is 22. The van der Waals surface area contributed by atoms with Crippen LogP contribution >= 0.6 is 11.3 Å². The molecule has 6 heteroatoms. The van der Waals surface area contributed by atoms with Gasteiger partial charge in [0, 0.05) is 16.8 Å². The molecule has 0 atom stereocenters. The van der Waals surface area contributed by atoms with Crippen LogP contribution in [0.4, 0.5) is 5.69 Å². The summed E-state index contributed by atoms with van der Waals surface area (Å²) in [4.78, 5) is 12.6. The molecule has 0 saturated heterocycles. The highest BCUT2D eigenvalue weighted by Crippen LogP contribution is 2.34. The van der Waals surface area contributed by atoms with Crippen molar-refractivity contribution in [2.75, 3.05) is 18.5 Å². The van der Waals surface area contributed by atoms with E-state index in [0.717, 1.165) is 36.6 Å². The summed E-state index contributed by atoms with van der Waals surface area (Å²) in [6, 6.07) is 13.8. The number of carbonyl (C=O) groups excluding carboxylic acids is 1. The third-order valence-electron chi connectivity index (χ3n) is 8.01. The molecule has 1 amide bonds. The van der Waals surface area contributed by atoms with Gasteiger partial charge < -0.3 is 14.8 Å². The van der Waals surface area contributed by atoms with E-state index in [2.05, 4.69) is 54.7 Å². The highest BCUT2D eigenvalue weighted by Gasteiger charge is 2.20. The Morgan fingerprint density at radius 1 is 0.795 bits per heavy atom. The van der Waals surface area contributed by atoms with Crippen molar-refractivity contribution in [3.8, 4) is 11.5 Å². The standard InChI is InChI=1S/C38H56N2O3S/c1-5-6-7-8-9-10-11-12-13-14-15-16-17-18-26-42-36-24-23-34(28-35(36)38(2,3)4)43-30-37(41)39-33-21-19-32(20-22-33)29-40-25-27-44-31-40/h19-25,27-28,31H,5-18,26,29-30H2,1-4H3/p+1. The van der Waals surface area contributed by atoms with E-state index in [1.165, 1.54) is 89.0 Å². The highest BCUT2D eigenvalue weighted by atomic mass is 32.1. The Balaban J connectivity index is 1.31. The number of ether oxygens (including phenoxy) is 2. The molecule has 0 saturated carbocycles. The molecule has 0 spiro atoms. The molecular weight excluding hydrogens is 564 g/mol. The topological polar surface area (TPSA) is 51.4 Å². The monoisotopic (exact) mass is 621 g/mol. The van der Waals surface area contributed by atoms with Crippen molar-refractivity contribution in [1.82, 2.24) is 0 Å². The zero-order chi connectivity index (χ0) is 31.5. The van der Waals surface area contributed by atoms with Gasteiger partial charge in [-0.25, -0.2) is 0 Å². The van der Waals surface area contributed by atoms with Crippen LogP contribution in [0.25, 0.3) is 0 Å². The van der Waals surface area contributed by atoms with Gasteiger partial charge in [-0.3, -0.25) is 4.79 Å². The molecule has 0 unspecified atom stereocenters. The van der Waals surface area contributed by atoms with Crippen LogP contribution < -0.4 is 19.4 Å². The first-order valence-electron chi connectivity index (χ1n) is 17.1. The second kappa shape index (κ2) is 20.2. The molecular formula is C38H57N2O3S+. The van der Waals surface area contributed by atoms with Crippen molar-refractivity contribution in [2.45, 2.75) is 130 Å². The van der Waals surface area contributed by atoms with Crippen LogP contribution in [0.15, 0.2) is 59.6 Å². The number of aromatic nitrogens is 1. The molecule has 1 heterocycles. The maximum Gasteiger partial charge on any atom is 0.262 e. The number of nitrogens with zero attached hydrogens (tertiary/aromatic N) is 1. The summed E-state index contributed by atoms with van der Waals surface area (Å²) >= 11 is 1.67. The number of amides is 1. The minimum absolute atomic E-state index is 0.0463. The fourth-order valence-corrected chi connectivity index (χ4v) is 5.99. The number of hydrogen-bond donors (Lipinski definition) is 1. The fourth-order valence-electron chi connectivity index (χ4n) is 5.39. The van der Waals surface area contributed by atoms with Gasteiger partial charge >= 0.3 is 0 Å². The fraction of sp³-hybridized carbons (Fsp3) is 0.579. The second-order valence-electron chi connectivity index (χ2n) is 13.1. The molecule has 0 fully saturated rings. The summed E-state index contributed by atoms with van der Waals surface area (Å²) in [6.45, 7) is 10.3. The minimum Gasteiger partial charge on any atom is -0.493 e. The summed E-state index contributed by atoms with van der Waals surface area (Å²) in [7, 11) is 0. The Morgan fingerprint density at radius 3 is 1.98 bits per heavy atom. The van der Waals surface area contributed by atoms with Gasteiger partial charge in [0.25, 0.3) is 5.91 Å². The number of thiazole rings is 1. The lowest BCUT2D eigenvalue weighted by Crippen LogP contribution is -2.30. The van der Waals surface area contributed by atoms with Crippen LogP contribution in [0, 0.1) is 0 Å². The van der Waals surface area contributed by atoms with Gasteiger partial charge in [0.05, 0.1) is 12.0 Å². The smallest absolute Gasteiger partial charge is 0.262 e. The molecule has 0 bridgehead atoms. The largest absolute Gasteiger partial charge is 0.493 e. The van der Waals surface area contributed by atoms with E-state index in [1.54, 1.807) is 11.3 Å². The molecule has 0 aliphatic rings. The molecule has 1 aromatic heterocycles. The van der Waals surface area contributed by atoms with Gasteiger partial charge in [-0.1, -0.05) is 135 Å². The van der Waals surface area contributed by atoms with Gasteiger partial charge in [0.2, 0.25) is 5.51 Å². The SMILES string of the molecule is CCCCCCCCCCCCCCCCOc1ccc(OCC(=O)Nc2ccc(C[n+]3ccsc3)cc2)cc1C(C)(C)C. The second-order valence-corrected chi connectivity index (χ2v) is 13.8.